The van der Waals surface area contributed by atoms with Crippen molar-refractivity contribution in [3.05, 3.63) is 24.3 Å². The molecule has 0 N–H and O–H groups in total. The second-order valence-corrected chi connectivity index (χ2v) is 5.70. The maximum atomic E-state index is 12.9. The summed E-state index contributed by atoms with van der Waals surface area (Å²) in [6, 6.07) is 5.21. The minimum absolute atomic E-state index is 0.250. The van der Waals surface area contributed by atoms with E-state index in [9.17, 15) is 19.2 Å². The van der Waals surface area contributed by atoms with Crippen LogP contribution in [0, 0.1) is 5.92 Å². The van der Waals surface area contributed by atoms with E-state index in [2.05, 4.69) is 9.84 Å². The molecule has 0 aromatic heterocycles. The predicted molar refractivity (Wildman–Crippen MR) is 89.4 cm³/mol. The Hall–Kier alpha value is -3.23. The Morgan fingerprint density at radius 2 is 1.81 bits per heavy atom. The number of imide groups is 1. The molecule has 1 aromatic carbocycles. The monoisotopic (exact) mass is 359 g/mol. The van der Waals surface area contributed by atoms with Crippen molar-refractivity contribution in [2.75, 3.05) is 18.6 Å². The number of carbonyl (C=O) groups is 4. The van der Waals surface area contributed by atoms with Crippen molar-refractivity contribution < 1.29 is 28.7 Å². The number of methoxy groups -OCH3 is 1. The minimum Gasteiger partial charge on any atom is -0.494 e. The first-order valence-corrected chi connectivity index (χ1v) is 7.98. The van der Waals surface area contributed by atoms with Crippen molar-refractivity contribution in [3.8, 4) is 5.75 Å². The summed E-state index contributed by atoms with van der Waals surface area (Å²) in [6.07, 6.45) is 0. The van der Waals surface area contributed by atoms with Gasteiger partial charge in [0.1, 0.15) is 11.7 Å². The molecular formula is C17H17N3O6. The highest BCUT2D eigenvalue weighted by Gasteiger charge is 2.59. The molecule has 3 amide bonds. The topological polar surface area (TPSA) is 106 Å². The molecule has 2 aliphatic heterocycles. The standard InChI is InChI=1S/C17H17N3O6/c1-4-26-11-7-5-10(6-8-11)19-15(22)12-13(17(24)25-3)18-20(9(2)21)14(12)16(19)23/h5-8,12,14H,4H2,1-3H3/t12-,14-/m1/s1. The van der Waals surface area contributed by atoms with Crippen LogP contribution in [0.2, 0.25) is 0 Å². The van der Waals surface area contributed by atoms with Gasteiger partial charge in [0, 0.05) is 6.92 Å². The zero-order chi connectivity index (χ0) is 19.0. The Morgan fingerprint density at radius 1 is 1.15 bits per heavy atom. The van der Waals surface area contributed by atoms with Crippen molar-refractivity contribution in [1.82, 2.24) is 5.01 Å². The molecule has 26 heavy (non-hydrogen) atoms. The van der Waals surface area contributed by atoms with Gasteiger partial charge in [-0.05, 0) is 31.2 Å². The third-order valence-corrected chi connectivity index (χ3v) is 4.17. The highest BCUT2D eigenvalue weighted by Crippen LogP contribution is 2.35. The molecule has 1 aromatic rings. The molecule has 9 nitrogen and oxygen atoms in total. The summed E-state index contributed by atoms with van der Waals surface area (Å²) in [4.78, 5) is 50.4. The molecule has 0 radical (unpaired) electrons. The fourth-order valence-corrected chi connectivity index (χ4v) is 3.06. The van der Waals surface area contributed by atoms with Gasteiger partial charge >= 0.3 is 5.97 Å². The lowest BCUT2D eigenvalue weighted by molar-refractivity contribution is -0.136. The lowest BCUT2D eigenvalue weighted by Crippen LogP contribution is -2.41. The van der Waals surface area contributed by atoms with E-state index in [0.717, 1.165) is 17.0 Å². The number of nitrogens with zero attached hydrogens (tertiary/aromatic N) is 3. The van der Waals surface area contributed by atoms with Crippen LogP contribution in [0.15, 0.2) is 29.4 Å². The van der Waals surface area contributed by atoms with Crippen LogP contribution in [0.25, 0.3) is 0 Å². The molecule has 0 saturated carbocycles. The second-order valence-electron chi connectivity index (χ2n) is 5.70. The highest BCUT2D eigenvalue weighted by atomic mass is 16.5. The van der Waals surface area contributed by atoms with Gasteiger partial charge in [0.2, 0.25) is 11.8 Å². The summed E-state index contributed by atoms with van der Waals surface area (Å²) >= 11 is 0. The summed E-state index contributed by atoms with van der Waals surface area (Å²) in [5.41, 5.74) is 0.0741. The Kier molecular flexibility index (Phi) is 4.45. The number of hydrogen-bond acceptors (Lipinski definition) is 7. The van der Waals surface area contributed by atoms with E-state index in [1.54, 1.807) is 24.3 Å². The number of benzene rings is 1. The number of amides is 3. The summed E-state index contributed by atoms with van der Waals surface area (Å²) in [7, 11) is 1.14. The van der Waals surface area contributed by atoms with Crippen LogP contribution < -0.4 is 9.64 Å². The summed E-state index contributed by atoms with van der Waals surface area (Å²) in [6.45, 7) is 3.53. The van der Waals surface area contributed by atoms with E-state index in [4.69, 9.17) is 4.74 Å². The number of esters is 1. The second kappa shape index (κ2) is 6.58. The van der Waals surface area contributed by atoms with Gasteiger partial charge in [0.25, 0.3) is 5.91 Å². The Bertz CT molecular complexity index is 816. The molecule has 1 saturated heterocycles. The zero-order valence-corrected chi connectivity index (χ0v) is 14.5. The lowest BCUT2D eigenvalue weighted by Gasteiger charge is -2.19. The molecule has 2 atom stereocenters. The van der Waals surface area contributed by atoms with Gasteiger partial charge in [-0.15, -0.1) is 0 Å². The van der Waals surface area contributed by atoms with Crippen LogP contribution in [0.5, 0.6) is 5.75 Å². The van der Waals surface area contributed by atoms with Gasteiger partial charge in [0.05, 0.1) is 19.4 Å². The van der Waals surface area contributed by atoms with Crippen molar-refractivity contribution in [3.63, 3.8) is 0 Å². The molecule has 0 aliphatic carbocycles. The van der Waals surface area contributed by atoms with Gasteiger partial charge in [-0.3, -0.25) is 14.4 Å². The first-order chi connectivity index (χ1) is 12.4. The Morgan fingerprint density at radius 3 is 2.35 bits per heavy atom. The van der Waals surface area contributed by atoms with Gasteiger partial charge in [-0.1, -0.05) is 0 Å². The fraction of sp³-hybridized carbons (Fsp3) is 0.353. The highest BCUT2D eigenvalue weighted by molar-refractivity contribution is 6.47. The molecule has 0 bridgehead atoms. The third kappa shape index (κ3) is 2.61. The van der Waals surface area contributed by atoms with Gasteiger partial charge in [0.15, 0.2) is 11.8 Å². The molecule has 9 heteroatoms. The average molecular weight is 359 g/mol. The van der Waals surface area contributed by atoms with Crippen LogP contribution in [0.3, 0.4) is 0 Å². The van der Waals surface area contributed by atoms with Crippen LogP contribution in [0.4, 0.5) is 5.69 Å². The average Bonchev–Trinajstić information content (AvgIpc) is 3.13. The maximum Gasteiger partial charge on any atom is 0.355 e. The van der Waals surface area contributed by atoms with E-state index in [-0.39, 0.29) is 5.71 Å². The van der Waals surface area contributed by atoms with Crippen molar-refractivity contribution in [2.24, 2.45) is 11.0 Å². The molecule has 2 aliphatic rings. The van der Waals surface area contributed by atoms with E-state index in [0.29, 0.717) is 18.0 Å². The molecule has 1 fully saturated rings. The van der Waals surface area contributed by atoms with E-state index in [1.165, 1.54) is 6.92 Å². The van der Waals surface area contributed by atoms with E-state index in [1.807, 2.05) is 6.92 Å². The van der Waals surface area contributed by atoms with Gasteiger partial charge in [-0.2, -0.15) is 5.10 Å². The van der Waals surface area contributed by atoms with Gasteiger partial charge < -0.3 is 9.47 Å². The number of hydrazone groups is 1. The number of anilines is 1. The molecule has 2 heterocycles. The number of hydrogen-bond donors (Lipinski definition) is 0. The zero-order valence-electron chi connectivity index (χ0n) is 14.5. The number of rotatable bonds is 4. The first-order valence-electron chi connectivity index (χ1n) is 7.98. The number of ether oxygens (including phenoxy) is 2. The van der Waals surface area contributed by atoms with Crippen molar-refractivity contribution in [1.29, 1.82) is 0 Å². The Labute approximate surface area is 149 Å². The minimum atomic E-state index is -1.18. The van der Waals surface area contributed by atoms with Crippen molar-refractivity contribution in [2.45, 2.75) is 19.9 Å². The van der Waals surface area contributed by atoms with Crippen LogP contribution in [-0.2, 0) is 23.9 Å². The van der Waals surface area contributed by atoms with Crippen LogP contribution in [-0.4, -0.2) is 54.2 Å². The van der Waals surface area contributed by atoms with E-state index < -0.39 is 35.7 Å². The van der Waals surface area contributed by atoms with E-state index >= 15 is 0 Å². The maximum absolute atomic E-state index is 12.9. The first kappa shape index (κ1) is 17.6. The summed E-state index contributed by atoms with van der Waals surface area (Å²) < 4.78 is 9.97. The number of carbonyl (C=O) groups excluding carboxylic acids is 4. The number of fused-ring (bicyclic) bond motifs is 1. The molecular weight excluding hydrogens is 342 g/mol. The third-order valence-electron chi connectivity index (χ3n) is 4.17. The van der Waals surface area contributed by atoms with Crippen LogP contribution in [0.1, 0.15) is 13.8 Å². The molecule has 0 spiro atoms. The molecule has 3 rings (SSSR count). The Balaban J connectivity index is 1.98. The molecule has 136 valence electrons. The van der Waals surface area contributed by atoms with Crippen LogP contribution >= 0.6 is 0 Å². The lowest BCUT2D eigenvalue weighted by atomic mass is 9.98. The quantitative estimate of drug-likeness (QED) is 0.567. The fourth-order valence-electron chi connectivity index (χ4n) is 3.06. The normalized spacial score (nSPS) is 21.6. The largest absolute Gasteiger partial charge is 0.494 e. The predicted octanol–water partition coefficient (Wildman–Crippen LogP) is 0.334. The summed E-state index contributed by atoms with van der Waals surface area (Å²) in [5.74, 6) is -3.23. The SMILES string of the molecule is CCOc1ccc(N2C(=O)[C@@H]3C(C(=O)OC)=NN(C(C)=O)[C@H]3C2=O)cc1. The smallest absolute Gasteiger partial charge is 0.355 e. The summed E-state index contributed by atoms with van der Waals surface area (Å²) in [5, 5.41) is 4.71. The molecule has 0 unspecified atom stereocenters. The van der Waals surface area contributed by atoms with Crippen molar-refractivity contribution >= 4 is 35.1 Å². The van der Waals surface area contributed by atoms with Gasteiger partial charge in [-0.25, -0.2) is 14.7 Å².